The van der Waals surface area contributed by atoms with Crippen LogP contribution in [-0.2, 0) is 38.2 Å². The van der Waals surface area contributed by atoms with E-state index in [1.807, 2.05) is 0 Å². The molecule has 0 amide bonds. The van der Waals surface area contributed by atoms with Crippen molar-refractivity contribution in [1.82, 2.24) is 0 Å². The van der Waals surface area contributed by atoms with Gasteiger partial charge in [0.15, 0.2) is 12.4 Å². The molecule has 0 spiro atoms. The number of carbonyl (C=O) groups is 5. The predicted molar refractivity (Wildman–Crippen MR) is 78.6 cm³/mol. The van der Waals surface area contributed by atoms with Gasteiger partial charge in [-0.1, -0.05) is 6.58 Å². The largest absolute Gasteiger partial charge is 0.478 e. The van der Waals surface area contributed by atoms with Crippen LogP contribution in [0.25, 0.3) is 0 Å². The smallest absolute Gasteiger partial charge is 0.333 e. The summed E-state index contributed by atoms with van der Waals surface area (Å²) in [5.41, 5.74) is 0.208. The topological polar surface area (TPSA) is 133 Å². The fourth-order valence-corrected chi connectivity index (χ4v) is 0.987. The van der Waals surface area contributed by atoms with Gasteiger partial charge in [-0.25, -0.2) is 19.2 Å². The lowest BCUT2D eigenvalue weighted by Gasteiger charge is -2.04. The van der Waals surface area contributed by atoms with Crippen LogP contribution in [0.2, 0.25) is 0 Å². The van der Waals surface area contributed by atoms with Crippen LogP contribution in [0.4, 0.5) is 0 Å². The summed E-state index contributed by atoms with van der Waals surface area (Å²) in [5, 5.41) is 8.28. The van der Waals surface area contributed by atoms with Gasteiger partial charge in [0.25, 0.3) is 0 Å². The van der Waals surface area contributed by atoms with E-state index in [1.165, 1.54) is 6.92 Å². The summed E-state index contributed by atoms with van der Waals surface area (Å²) in [6, 6.07) is 0. The standard InChI is InChI=1S/C15H16O9/c1-10(2)15(21)23-8-7-22-13(19)5-3-11(16)9-24-14(20)6-4-12(17)18/h3-6H,1,7-9H2,2H3,(H,17,18)/b5-3+,6-4+. The number of carbonyl (C=O) groups excluding carboxylic acids is 4. The maximum absolute atomic E-state index is 11.3. The van der Waals surface area contributed by atoms with E-state index in [4.69, 9.17) is 5.11 Å². The molecule has 0 rings (SSSR count). The van der Waals surface area contributed by atoms with E-state index in [0.29, 0.717) is 12.2 Å². The highest BCUT2D eigenvalue weighted by atomic mass is 16.6. The fourth-order valence-electron chi connectivity index (χ4n) is 0.987. The lowest BCUT2D eigenvalue weighted by atomic mass is 10.3. The molecule has 0 saturated heterocycles. The highest BCUT2D eigenvalue weighted by Crippen LogP contribution is 1.92. The molecule has 0 unspecified atom stereocenters. The summed E-state index contributed by atoms with van der Waals surface area (Å²) < 4.78 is 13.7. The van der Waals surface area contributed by atoms with Gasteiger partial charge in [0.05, 0.1) is 0 Å². The molecule has 0 aromatic carbocycles. The SMILES string of the molecule is C=C(C)C(=O)OCCOC(=O)/C=C/C(=O)COC(=O)/C=C/C(=O)O. The van der Waals surface area contributed by atoms with Gasteiger partial charge in [-0.05, 0) is 13.0 Å². The molecule has 0 heterocycles. The number of ether oxygens (including phenoxy) is 3. The van der Waals surface area contributed by atoms with Crippen molar-refractivity contribution in [2.75, 3.05) is 19.8 Å². The molecular formula is C15H16O9. The third-order valence-corrected chi connectivity index (χ3v) is 2.03. The number of ketones is 1. The van der Waals surface area contributed by atoms with E-state index in [2.05, 4.69) is 20.8 Å². The second kappa shape index (κ2) is 11.4. The van der Waals surface area contributed by atoms with E-state index < -0.39 is 36.3 Å². The molecule has 0 radical (unpaired) electrons. The molecule has 130 valence electrons. The van der Waals surface area contributed by atoms with Gasteiger partial charge in [-0.2, -0.15) is 0 Å². The Labute approximate surface area is 137 Å². The molecule has 0 aliphatic rings. The van der Waals surface area contributed by atoms with Crippen LogP contribution < -0.4 is 0 Å². The fraction of sp³-hybridized carbons (Fsp3) is 0.267. The quantitative estimate of drug-likeness (QED) is 0.251. The number of hydrogen-bond donors (Lipinski definition) is 1. The number of hydrogen-bond acceptors (Lipinski definition) is 8. The van der Waals surface area contributed by atoms with Gasteiger partial charge in [-0.15, -0.1) is 0 Å². The number of rotatable bonds is 10. The zero-order valence-electron chi connectivity index (χ0n) is 12.9. The summed E-state index contributed by atoms with van der Waals surface area (Å²) in [7, 11) is 0. The van der Waals surface area contributed by atoms with Crippen molar-refractivity contribution in [2.45, 2.75) is 6.92 Å². The molecule has 1 N–H and O–H groups in total. The van der Waals surface area contributed by atoms with Crippen LogP contribution in [0.1, 0.15) is 6.92 Å². The maximum Gasteiger partial charge on any atom is 0.333 e. The highest BCUT2D eigenvalue weighted by molar-refractivity contribution is 5.98. The van der Waals surface area contributed by atoms with Crippen molar-refractivity contribution in [1.29, 1.82) is 0 Å². The van der Waals surface area contributed by atoms with Crippen molar-refractivity contribution in [2.24, 2.45) is 0 Å². The van der Waals surface area contributed by atoms with Crippen molar-refractivity contribution in [3.8, 4) is 0 Å². The summed E-state index contributed by atoms with van der Waals surface area (Å²) >= 11 is 0. The second-order valence-corrected chi connectivity index (χ2v) is 4.16. The zero-order chi connectivity index (χ0) is 18.5. The molecular weight excluding hydrogens is 324 g/mol. The summed E-state index contributed by atoms with van der Waals surface area (Å²) in [6.07, 6.45) is 2.83. The third-order valence-electron chi connectivity index (χ3n) is 2.03. The van der Waals surface area contributed by atoms with Crippen LogP contribution in [0.3, 0.4) is 0 Å². The Morgan fingerprint density at radius 1 is 0.875 bits per heavy atom. The Morgan fingerprint density at radius 3 is 2.00 bits per heavy atom. The molecule has 24 heavy (non-hydrogen) atoms. The van der Waals surface area contributed by atoms with Crippen LogP contribution in [-0.4, -0.2) is 54.6 Å². The summed E-state index contributed by atoms with van der Waals surface area (Å²) in [4.78, 5) is 54.7. The normalized spacial score (nSPS) is 10.4. The van der Waals surface area contributed by atoms with Crippen molar-refractivity contribution < 1.29 is 43.3 Å². The minimum Gasteiger partial charge on any atom is -0.478 e. The first-order chi connectivity index (χ1) is 11.2. The van der Waals surface area contributed by atoms with Crippen molar-refractivity contribution >= 4 is 29.7 Å². The molecule has 0 bridgehead atoms. The lowest BCUT2D eigenvalue weighted by molar-refractivity contribution is -0.146. The van der Waals surface area contributed by atoms with Gasteiger partial charge >= 0.3 is 23.9 Å². The average molecular weight is 340 g/mol. The van der Waals surface area contributed by atoms with E-state index >= 15 is 0 Å². The van der Waals surface area contributed by atoms with Crippen LogP contribution in [0, 0.1) is 0 Å². The number of carboxylic acids is 1. The first-order valence-electron chi connectivity index (χ1n) is 6.50. The van der Waals surface area contributed by atoms with Crippen molar-refractivity contribution in [3.63, 3.8) is 0 Å². The molecule has 0 atom stereocenters. The van der Waals surface area contributed by atoms with E-state index in [9.17, 15) is 24.0 Å². The average Bonchev–Trinajstić information content (AvgIpc) is 2.52. The number of esters is 3. The molecule has 0 saturated carbocycles. The summed E-state index contributed by atoms with van der Waals surface area (Å²) in [5.74, 6) is -4.53. The highest BCUT2D eigenvalue weighted by Gasteiger charge is 2.05. The predicted octanol–water partition coefficient (Wildman–Crippen LogP) is -0.0418. The number of carboxylic acid groups (broad SMARTS) is 1. The van der Waals surface area contributed by atoms with Crippen LogP contribution in [0.5, 0.6) is 0 Å². The Morgan fingerprint density at radius 2 is 1.42 bits per heavy atom. The Balaban J connectivity index is 3.98. The maximum atomic E-state index is 11.3. The second-order valence-electron chi connectivity index (χ2n) is 4.16. The molecule has 0 aromatic heterocycles. The first-order valence-corrected chi connectivity index (χ1v) is 6.50. The first kappa shape index (κ1) is 20.8. The Kier molecular flexibility index (Phi) is 9.82. The van der Waals surface area contributed by atoms with Gasteiger partial charge in [0.1, 0.15) is 13.2 Å². The molecule has 9 nitrogen and oxygen atoms in total. The third kappa shape index (κ3) is 11.4. The van der Waals surface area contributed by atoms with Gasteiger partial charge in [0.2, 0.25) is 0 Å². The molecule has 9 heteroatoms. The molecule has 0 fully saturated rings. The van der Waals surface area contributed by atoms with Gasteiger partial charge in [0, 0.05) is 23.8 Å². The van der Waals surface area contributed by atoms with E-state index in [1.54, 1.807) is 0 Å². The molecule has 0 aliphatic carbocycles. The lowest BCUT2D eigenvalue weighted by Crippen LogP contribution is -2.14. The molecule has 0 aliphatic heterocycles. The molecule has 0 aromatic rings. The van der Waals surface area contributed by atoms with Crippen LogP contribution in [0.15, 0.2) is 36.5 Å². The van der Waals surface area contributed by atoms with Gasteiger partial charge in [-0.3, -0.25) is 4.79 Å². The van der Waals surface area contributed by atoms with Crippen molar-refractivity contribution in [3.05, 3.63) is 36.5 Å². The Hall–Kier alpha value is -3.23. The van der Waals surface area contributed by atoms with Crippen LogP contribution >= 0.6 is 0 Å². The zero-order valence-corrected chi connectivity index (χ0v) is 12.9. The minimum absolute atomic E-state index is 0.160. The Bertz CT molecular complexity index is 584. The summed E-state index contributed by atoms with van der Waals surface area (Å²) in [6.45, 7) is 3.81. The van der Waals surface area contributed by atoms with Gasteiger partial charge < -0.3 is 19.3 Å². The number of aliphatic carboxylic acids is 1. The van der Waals surface area contributed by atoms with E-state index in [0.717, 1.165) is 12.2 Å². The monoisotopic (exact) mass is 340 g/mol. The van der Waals surface area contributed by atoms with E-state index in [-0.39, 0.29) is 18.8 Å². The minimum atomic E-state index is -1.34.